The number of carbonyl (C=O) groups excluding carboxylic acids is 1. The molecule has 0 spiro atoms. The smallest absolute Gasteiger partial charge is 0.243 e. The monoisotopic (exact) mass is 399 g/mol. The van der Waals surface area contributed by atoms with Crippen LogP contribution in [0.4, 0.5) is 4.39 Å². The van der Waals surface area contributed by atoms with Crippen LogP contribution in [0.3, 0.4) is 0 Å². The zero-order chi connectivity index (χ0) is 17.4. The quantitative estimate of drug-likeness (QED) is 0.667. The molecule has 2 heterocycles. The lowest BCUT2D eigenvalue weighted by atomic mass is 10.1. The molecule has 6 heteroatoms. The van der Waals surface area contributed by atoms with Crippen LogP contribution in [-0.2, 0) is 24.4 Å². The van der Waals surface area contributed by atoms with Crippen LogP contribution in [0, 0.1) is 5.82 Å². The summed E-state index contributed by atoms with van der Waals surface area (Å²) in [6.07, 6.45) is 0. The van der Waals surface area contributed by atoms with E-state index < -0.39 is 0 Å². The Morgan fingerprint density at radius 3 is 2.48 bits per heavy atom. The van der Waals surface area contributed by atoms with Gasteiger partial charge in [0.15, 0.2) is 4.73 Å². The molecular weight excluding hydrogens is 385 g/mol. The Bertz CT molecular complexity index is 922. The van der Waals surface area contributed by atoms with Crippen LogP contribution >= 0.6 is 15.9 Å². The van der Waals surface area contributed by atoms with Gasteiger partial charge >= 0.3 is 0 Å². The van der Waals surface area contributed by atoms with E-state index in [0.717, 1.165) is 22.5 Å². The maximum Gasteiger partial charge on any atom is 0.243 e. The van der Waals surface area contributed by atoms with Crippen LogP contribution in [0.5, 0.6) is 0 Å². The van der Waals surface area contributed by atoms with Crippen molar-refractivity contribution < 1.29 is 9.18 Å². The zero-order valence-corrected chi connectivity index (χ0v) is 14.9. The molecule has 0 unspecified atom stereocenters. The summed E-state index contributed by atoms with van der Waals surface area (Å²) in [5.41, 5.74) is 3.81. The normalized spacial score (nSPS) is 13.8. The van der Waals surface area contributed by atoms with Crippen LogP contribution in [0.1, 0.15) is 11.3 Å². The molecule has 4 rings (SSSR count). The summed E-state index contributed by atoms with van der Waals surface area (Å²) >= 11 is 3.46. The molecule has 0 radical (unpaired) electrons. The Kier molecular flexibility index (Phi) is 4.13. The van der Waals surface area contributed by atoms with Gasteiger partial charge in [0.25, 0.3) is 0 Å². The Balaban J connectivity index is 1.66. The number of aromatic nitrogens is 2. The second-order valence-corrected chi connectivity index (χ2v) is 6.71. The first-order valence-electron chi connectivity index (χ1n) is 7.94. The Labute approximate surface area is 153 Å². The molecule has 0 atom stereocenters. The molecule has 3 aromatic rings. The SMILES string of the molecule is O=C1Cn2c(Br)nc(-c3ccccc3)c2CN1Cc1ccc(F)cc1. The van der Waals surface area contributed by atoms with Gasteiger partial charge in [0, 0.05) is 12.1 Å². The van der Waals surface area contributed by atoms with Gasteiger partial charge in [-0.3, -0.25) is 4.79 Å². The van der Waals surface area contributed by atoms with Crippen molar-refractivity contribution in [3.05, 3.63) is 76.4 Å². The van der Waals surface area contributed by atoms with Crippen molar-refractivity contribution in [1.82, 2.24) is 14.5 Å². The summed E-state index contributed by atoms with van der Waals surface area (Å²) in [7, 11) is 0. The maximum absolute atomic E-state index is 13.1. The summed E-state index contributed by atoms with van der Waals surface area (Å²) in [6, 6.07) is 16.2. The van der Waals surface area contributed by atoms with Crippen LogP contribution in [-0.4, -0.2) is 20.4 Å². The molecule has 4 nitrogen and oxygen atoms in total. The highest BCUT2D eigenvalue weighted by molar-refractivity contribution is 9.10. The molecule has 0 saturated heterocycles. The van der Waals surface area contributed by atoms with Crippen molar-refractivity contribution in [3.63, 3.8) is 0 Å². The number of nitrogens with zero attached hydrogens (tertiary/aromatic N) is 3. The number of fused-ring (bicyclic) bond motifs is 1. The first-order chi connectivity index (χ1) is 12.1. The van der Waals surface area contributed by atoms with E-state index in [1.54, 1.807) is 17.0 Å². The molecule has 1 amide bonds. The highest BCUT2D eigenvalue weighted by Gasteiger charge is 2.28. The lowest BCUT2D eigenvalue weighted by Crippen LogP contribution is -2.38. The minimum atomic E-state index is -0.276. The van der Waals surface area contributed by atoms with Gasteiger partial charge in [-0.15, -0.1) is 0 Å². The van der Waals surface area contributed by atoms with Gasteiger partial charge in [-0.25, -0.2) is 9.37 Å². The molecule has 1 aliphatic heterocycles. The standard InChI is InChI=1S/C19H15BrFN3O/c20-19-22-18(14-4-2-1-3-5-14)16-11-23(17(25)12-24(16)19)10-13-6-8-15(21)9-7-13/h1-9H,10-12H2. The number of rotatable bonds is 3. The number of amides is 1. The molecule has 126 valence electrons. The Hall–Kier alpha value is -2.47. The number of halogens is 2. The van der Waals surface area contributed by atoms with E-state index in [1.807, 2.05) is 34.9 Å². The Morgan fingerprint density at radius 2 is 1.76 bits per heavy atom. The van der Waals surface area contributed by atoms with E-state index in [1.165, 1.54) is 12.1 Å². The molecular formula is C19H15BrFN3O. The van der Waals surface area contributed by atoms with Gasteiger partial charge < -0.3 is 9.47 Å². The number of carbonyl (C=O) groups is 1. The maximum atomic E-state index is 13.1. The first-order valence-corrected chi connectivity index (χ1v) is 8.73. The van der Waals surface area contributed by atoms with Gasteiger partial charge in [-0.2, -0.15) is 0 Å². The summed E-state index contributed by atoms with van der Waals surface area (Å²) in [5.74, 6) is -0.253. The van der Waals surface area contributed by atoms with Crippen molar-refractivity contribution >= 4 is 21.8 Å². The Morgan fingerprint density at radius 1 is 1.04 bits per heavy atom. The molecule has 0 N–H and O–H groups in total. The fourth-order valence-electron chi connectivity index (χ4n) is 3.06. The third-order valence-electron chi connectivity index (χ3n) is 4.35. The molecule has 0 aliphatic carbocycles. The molecule has 1 aliphatic rings. The number of hydrogen-bond acceptors (Lipinski definition) is 2. The number of benzene rings is 2. The zero-order valence-electron chi connectivity index (χ0n) is 13.3. The van der Waals surface area contributed by atoms with E-state index in [-0.39, 0.29) is 18.3 Å². The fraction of sp³-hybridized carbons (Fsp3) is 0.158. The lowest BCUT2D eigenvalue weighted by Gasteiger charge is -2.29. The van der Waals surface area contributed by atoms with Crippen LogP contribution in [0.25, 0.3) is 11.3 Å². The van der Waals surface area contributed by atoms with E-state index in [2.05, 4.69) is 20.9 Å². The van der Waals surface area contributed by atoms with Crippen molar-refractivity contribution in [1.29, 1.82) is 0 Å². The van der Waals surface area contributed by atoms with Gasteiger partial charge in [0.2, 0.25) is 5.91 Å². The summed E-state index contributed by atoms with van der Waals surface area (Å²) < 4.78 is 15.7. The minimum absolute atomic E-state index is 0.0227. The largest absolute Gasteiger partial charge is 0.331 e. The highest BCUT2D eigenvalue weighted by Crippen LogP contribution is 2.30. The molecule has 0 bridgehead atoms. The van der Waals surface area contributed by atoms with E-state index in [0.29, 0.717) is 17.8 Å². The van der Waals surface area contributed by atoms with Gasteiger partial charge in [0.05, 0.1) is 17.9 Å². The van der Waals surface area contributed by atoms with Crippen molar-refractivity contribution in [2.45, 2.75) is 19.6 Å². The second-order valence-electron chi connectivity index (χ2n) is 6.00. The lowest BCUT2D eigenvalue weighted by molar-refractivity contribution is -0.134. The molecule has 2 aromatic carbocycles. The fourth-order valence-corrected chi connectivity index (χ4v) is 3.58. The van der Waals surface area contributed by atoms with Crippen molar-refractivity contribution in [2.75, 3.05) is 0 Å². The predicted molar refractivity (Wildman–Crippen MR) is 96.0 cm³/mol. The van der Waals surface area contributed by atoms with Gasteiger partial charge in [-0.05, 0) is 33.6 Å². The third-order valence-corrected chi connectivity index (χ3v) is 4.95. The molecule has 0 saturated carbocycles. The minimum Gasteiger partial charge on any atom is -0.331 e. The van der Waals surface area contributed by atoms with Crippen LogP contribution in [0.15, 0.2) is 59.3 Å². The topological polar surface area (TPSA) is 38.1 Å². The first kappa shape index (κ1) is 16.0. The van der Waals surface area contributed by atoms with Crippen molar-refractivity contribution in [2.24, 2.45) is 0 Å². The third kappa shape index (κ3) is 3.09. The summed E-state index contributed by atoms with van der Waals surface area (Å²) in [5, 5.41) is 0. The van der Waals surface area contributed by atoms with Gasteiger partial charge in [-0.1, -0.05) is 42.5 Å². The van der Waals surface area contributed by atoms with E-state index in [9.17, 15) is 9.18 Å². The molecule has 1 aromatic heterocycles. The number of imidazole rings is 1. The van der Waals surface area contributed by atoms with Crippen LogP contribution in [0.2, 0.25) is 0 Å². The predicted octanol–water partition coefficient (Wildman–Crippen LogP) is 3.99. The number of hydrogen-bond donors (Lipinski definition) is 0. The van der Waals surface area contributed by atoms with E-state index in [4.69, 9.17) is 0 Å². The van der Waals surface area contributed by atoms with Crippen molar-refractivity contribution in [3.8, 4) is 11.3 Å². The molecule has 0 fully saturated rings. The molecule has 25 heavy (non-hydrogen) atoms. The summed E-state index contributed by atoms with van der Waals surface area (Å²) in [4.78, 5) is 18.9. The average molecular weight is 400 g/mol. The second kappa shape index (κ2) is 6.44. The average Bonchev–Trinajstić information content (AvgIpc) is 2.94. The van der Waals surface area contributed by atoms with E-state index >= 15 is 0 Å². The highest BCUT2D eigenvalue weighted by atomic mass is 79.9. The summed E-state index contributed by atoms with van der Waals surface area (Å²) in [6.45, 7) is 1.17. The van der Waals surface area contributed by atoms with Crippen LogP contribution < -0.4 is 0 Å². The van der Waals surface area contributed by atoms with Gasteiger partial charge in [0.1, 0.15) is 12.4 Å².